The van der Waals surface area contributed by atoms with Crippen molar-refractivity contribution in [1.82, 2.24) is 0 Å². The molecule has 0 aromatic heterocycles. The maximum atomic E-state index is 8.69. The van der Waals surface area contributed by atoms with Gasteiger partial charge in [0.15, 0.2) is 0 Å². The van der Waals surface area contributed by atoms with E-state index in [1.54, 1.807) is 21.3 Å². The van der Waals surface area contributed by atoms with Gasteiger partial charge in [-0.3, -0.25) is 0 Å². The monoisotopic (exact) mass is 317 g/mol. The van der Waals surface area contributed by atoms with E-state index in [2.05, 4.69) is 16.9 Å². The molecule has 0 aliphatic heterocycles. The van der Waals surface area contributed by atoms with Crippen LogP contribution >= 0.6 is 0 Å². The molecule has 21 heavy (non-hydrogen) atoms. The van der Waals surface area contributed by atoms with Crippen molar-refractivity contribution in [3.8, 4) is 0 Å². The van der Waals surface area contributed by atoms with Crippen LogP contribution < -0.4 is 0 Å². The molecule has 0 radical (unpaired) electrons. The fourth-order valence-electron chi connectivity index (χ4n) is 2.39. The second-order valence-corrected chi connectivity index (χ2v) is 8.34. The van der Waals surface area contributed by atoms with Crippen LogP contribution in [0.25, 0.3) is 10.4 Å². The minimum atomic E-state index is -2.56. The third-order valence-electron chi connectivity index (χ3n) is 3.82. The van der Waals surface area contributed by atoms with Gasteiger partial charge in [0.05, 0.1) is 0 Å². The number of hydrogen-bond donors (Lipinski definition) is 0. The van der Waals surface area contributed by atoms with Gasteiger partial charge in [-0.05, 0) is 18.4 Å². The van der Waals surface area contributed by atoms with Gasteiger partial charge in [0.25, 0.3) is 0 Å². The normalized spacial score (nSPS) is 13.0. The number of rotatable bonds is 14. The maximum Gasteiger partial charge on any atom is 0.500 e. The summed E-state index contributed by atoms with van der Waals surface area (Å²) in [5.74, 6) is 0. The van der Waals surface area contributed by atoms with Gasteiger partial charge in [-0.15, -0.1) is 0 Å². The Balaban J connectivity index is 4.10. The molecular formula is C14H31N3O3Si. The van der Waals surface area contributed by atoms with Crippen molar-refractivity contribution < 1.29 is 13.3 Å². The highest BCUT2D eigenvalue weighted by atomic mass is 28.4. The van der Waals surface area contributed by atoms with Crippen LogP contribution in [0.4, 0.5) is 0 Å². The summed E-state index contributed by atoms with van der Waals surface area (Å²) in [6, 6.07) is 0.684. The molecule has 1 unspecified atom stereocenters. The van der Waals surface area contributed by atoms with E-state index in [9.17, 15) is 0 Å². The van der Waals surface area contributed by atoms with Crippen molar-refractivity contribution in [3.63, 3.8) is 0 Å². The number of azide groups is 1. The average molecular weight is 318 g/mol. The predicted octanol–water partition coefficient (Wildman–Crippen LogP) is 4.68. The van der Waals surface area contributed by atoms with Gasteiger partial charge in [0.1, 0.15) is 0 Å². The van der Waals surface area contributed by atoms with Crippen LogP contribution in [0.15, 0.2) is 5.11 Å². The van der Waals surface area contributed by atoms with Gasteiger partial charge in [0, 0.05) is 38.3 Å². The first kappa shape index (κ1) is 20.4. The van der Waals surface area contributed by atoms with E-state index in [4.69, 9.17) is 18.8 Å². The third kappa shape index (κ3) is 9.11. The summed E-state index contributed by atoms with van der Waals surface area (Å²) in [5.41, 5.74) is 8.69. The van der Waals surface area contributed by atoms with Crippen molar-refractivity contribution in [1.29, 1.82) is 0 Å². The highest BCUT2D eigenvalue weighted by Gasteiger charge is 2.37. The lowest BCUT2D eigenvalue weighted by Crippen LogP contribution is -2.43. The highest BCUT2D eigenvalue weighted by molar-refractivity contribution is 6.60. The zero-order valence-electron chi connectivity index (χ0n) is 14.0. The highest BCUT2D eigenvalue weighted by Crippen LogP contribution is 2.21. The third-order valence-corrected chi connectivity index (χ3v) is 6.59. The first-order valence-electron chi connectivity index (χ1n) is 7.87. The molecular weight excluding hydrogens is 286 g/mol. The zero-order chi connectivity index (χ0) is 16.0. The largest absolute Gasteiger partial charge is 0.500 e. The molecule has 0 bridgehead atoms. The Morgan fingerprint density at radius 1 is 0.952 bits per heavy atom. The van der Waals surface area contributed by atoms with Gasteiger partial charge < -0.3 is 13.3 Å². The summed E-state index contributed by atoms with van der Waals surface area (Å²) in [5, 5.41) is 3.90. The van der Waals surface area contributed by atoms with Crippen molar-refractivity contribution in [2.45, 2.75) is 70.4 Å². The molecule has 0 aliphatic rings. The molecule has 6 nitrogen and oxygen atoms in total. The SMILES string of the molecule is CCCCCCCCC(CC[Si](OC)(OC)OC)N=[N+]=[N-]. The van der Waals surface area contributed by atoms with Crippen molar-refractivity contribution in [2.24, 2.45) is 5.11 Å². The molecule has 0 heterocycles. The molecule has 0 N–H and O–H groups in total. The molecule has 0 aliphatic carbocycles. The van der Waals surface area contributed by atoms with Gasteiger partial charge in [-0.2, -0.15) is 0 Å². The van der Waals surface area contributed by atoms with Crippen LogP contribution in [0.3, 0.4) is 0 Å². The molecule has 0 saturated carbocycles. The fourth-order valence-corrected chi connectivity index (χ4v) is 4.19. The number of unbranched alkanes of at least 4 members (excludes halogenated alkanes) is 5. The van der Waals surface area contributed by atoms with Crippen LogP contribution in [0, 0.1) is 0 Å². The standard InChI is InChI=1S/C14H31N3O3Si/c1-5-6-7-8-9-10-11-14(16-17-15)12-13-21(18-2,19-3)20-4/h14H,5-13H2,1-4H3. The van der Waals surface area contributed by atoms with E-state index in [0.29, 0.717) is 6.04 Å². The van der Waals surface area contributed by atoms with Gasteiger partial charge in [-0.1, -0.05) is 50.6 Å². The summed E-state index contributed by atoms with van der Waals surface area (Å²) >= 11 is 0. The lowest BCUT2D eigenvalue weighted by Gasteiger charge is -2.25. The van der Waals surface area contributed by atoms with Gasteiger partial charge in [-0.25, -0.2) is 0 Å². The van der Waals surface area contributed by atoms with Crippen molar-refractivity contribution in [3.05, 3.63) is 10.4 Å². The lowest BCUT2D eigenvalue weighted by molar-refractivity contribution is 0.122. The molecule has 0 spiro atoms. The summed E-state index contributed by atoms with van der Waals surface area (Å²) < 4.78 is 16.2. The van der Waals surface area contributed by atoms with E-state index >= 15 is 0 Å². The molecule has 124 valence electrons. The number of hydrogen-bond acceptors (Lipinski definition) is 4. The summed E-state index contributed by atoms with van der Waals surface area (Å²) in [4.78, 5) is 2.96. The summed E-state index contributed by atoms with van der Waals surface area (Å²) in [6.45, 7) is 2.22. The Bertz CT molecular complexity index is 287. The van der Waals surface area contributed by atoms with E-state index in [0.717, 1.165) is 19.3 Å². The molecule has 7 heteroatoms. The molecule has 0 saturated heterocycles. The van der Waals surface area contributed by atoms with Crippen LogP contribution in [0.2, 0.25) is 6.04 Å². The Kier molecular flexibility index (Phi) is 12.7. The van der Waals surface area contributed by atoms with Gasteiger partial charge >= 0.3 is 8.80 Å². The molecule has 0 aromatic rings. The van der Waals surface area contributed by atoms with Crippen molar-refractivity contribution >= 4 is 8.80 Å². The maximum absolute atomic E-state index is 8.69. The Hall–Kier alpha value is -0.593. The molecule has 0 fully saturated rings. The molecule has 1 atom stereocenters. The number of nitrogens with zero attached hydrogens (tertiary/aromatic N) is 3. The first-order chi connectivity index (χ1) is 10.2. The molecule has 0 rings (SSSR count). The van der Waals surface area contributed by atoms with E-state index < -0.39 is 8.80 Å². The van der Waals surface area contributed by atoms with Gasteiger partial charge in [0.2, 0.25) is 0 Å². The van der Waals surface area contributed by atoms with Crippen LogP contribution in [-0.2, 0) is 13.3 Å². The Morgan fingerprint density at radius 2 is 1.52 bits per heavy atom. The fraction of sp³-hybridized carbons (Fsp3) is 1.00. The summed E-state index contributed by atoms with van der Waals surface area (Å²) in [7, 11) is 2.26. The minimum Gasteiger partial charge on any atom is -0.377 e. The zero-order valence-corrected chi connectivity index (χ0v) is 15.0. The Morgan fingerprint density at radius 3 is 2.05 bits per heavy atom. The average Bonchev–Trinajstić information content (AvgIpc) is 2.52. The van der Waals surface area contributed by atoms with Crippen LogP contribution in [-0.4, -0.2) is 36.2 Å². The molecule has 0 aromatic carbocycles. The predicted molar refractivity (Wildman–Crippen MR) is 87.1 cm³/mol. The van der Waals surface area contributed by atoms with Crippen molar-refractivity contribution in [2.75, 3.05) is 21.3 Å². The van der Waals surface area contributed by atoms with Crippen LogP contribution in [0.1, 0.15) is 58.3 Å². The van der Waals surface area contributed by atoms with E-state index in [1.807, 2.05) is 0 Å². The smallest absolute Gasteiger partial charge is 0.377 e. The summed E-state index contributed by atoms with van der Waals surface area (Å²) in [6.07, 6.45) is 9.13. The second-order valence-electron chi connectivity index (χ2n) is 5.25. The van der Waals surface area contributed by atoms with Crippen LogP contribution in [0.5, 0.6) is 0 Å². The van der Waals surface area contributed by atoms with E-state index in [-0.39, 0.29) is 6.04 Å². The lowest BCUT2D eigenvalue weighted by atomic mass is 10.0. The Labute approximate surface area is 130 Å². The second kappa shape index (κ2) is 13.1. The topological polar surface area (TPSA) is 76.5 Å². The quantitative estimate of drug-likeness (QED) is 0.153. The first-order valence-corrected chi connectivity index (χ1v) is 9.80. The molecule has 0 amide bonds. The minimum absolute atomic E-state index is 0.00787. The van der Waals surface area contributed by atoms with E-state index in [1.165, 1.54) is 32.1 Å².